The van der Waals surface area contributed by atoms with Crippen LogP contribution in [0.3, 0.4) is 0 Å². The summed E-state index contributed by atoms with van der Waals surface area (Å²) in [5.41, 5.74) is 2.15. The number of rotatable bonds is 4. The molecule has 0 fully saturated rings. The smallest absolute Gasteiger partial charge is 0.218 e. The molecule has 17 heavy (non-hydrogen) atoms. The number of hydrogen-bond donors (Lipinski definition) is 1. The maximum atomic E-state index is 5.20. The van der Waals surface area contributed by atoms with E-state index in [4.69, 9.17) is 4.74 Å². The van der Waals surface area contributed by atoms with Gasteiger partial charge in [0.1, 0.15) is 0 Å². The largest absolute Gasteiger partial charge is 0.481 e. The Balaban J connectivity index is 2.07. The van der Waals surface area contributed by atoms with Crippen molar-refractivity contribution in [1.29, 1.82) is 0 Å². The lowest BCUT2D eigenvalue weighted by Gasteiger charge is -2.09. The third kappa shape index (κ3) is 3.33. The number of pyridine rings is 1. The molecule has 0 saturated carbocycles. The first-order chi connectivity index (χ1) is 8.29. The minimum absolute atomic E-state index is 0.672. The molecule has 0 atom stereocenters. The molecule has 1 aromatic carbocycles. The third-order valence-corrected chi connectivity index (χ3v) is 3.02. The van der Waals surface area contributed by atoms with E-state index in [-0.39, 0.29) is 0 Å². The zero-order valence-electron chi connectivity index (χ0n) is 9.48. The fourth-order valence-corrected chi connectivity index (χ4v) is 2.08. The van der Waals surface area contributed by atoms with E-state index >= 15 is 0 Å². The van der Waals surface area contributed by atoms with Gasteiger partial charge in [-0.3, -0.25) is 0 Å². The highest BCUT2D eigenvalue weighted by atomic mass is 127. The van der Waals surface area contributed by atoms with E-state index < -0.39 is 0 Å². The summed E-state index contributed by atoms with van der Waals surface area (Å²) < 4.78 is 6.42. The summed E-state index contributed by atoms with van der Waals surface area (Å²) in [6.45, 7) is 0.705. The van der Waals surface area contributed by atoms with E-state index in [0.29, 0.717) is 12.4 Å². The Kier molecular flexibility index (Phi) is 4.19. The molecule has 0 aliphatic heterocycles. The summed E-state index contributed by atoms with van der Waals surface area (Å²) in [6.07, 6.45) is 1.73. The van der Waals surface area contributed by atoms with Gasteiger partial charge in [-0.2, -0.15) is 0 Å². The standard InChI is InChI=1S/C13H13IN2O/c1-17-13-10(4-3-7-15-13)9-16-12-6-2-5-11(14)8-12/h2-8,16H,9H2,1H3. The molecular formula is C13H13IN2O. The lowest BCUT2D eigenvalue weighted by Crippen LogP contribution is -2.02. The van der Waals surface area contributed by atoms with Crippen LogP contribution in [0.1, 0.15) is 5.56 Å². The number of nitrogens with zero attached hydrogens (tertiary/aromatic N) is 1. The first-order valence-corrected chi connectivity index (χ1v) is 6.35. The van der Waals surface area contributed by atoms with Crippen LogP contribution in [0.2, 0.25) is 0 Å². The van der Waals surface area contributed by atoms with Gasteiger partial charge in [-0.05, 0) is 46.9 Å². The molecule has 0 amide bonds. The van der Waals surface area contributed by atoms with Crippen LogP contribution in [0.25, 0.3) is 0 Å². The number of ether oxygens (including phenoxy) is 1. The Morgan fingerprint density at radius 3 is 2.94 bits per heavy atom. The highest BCUT2D eigenvalue weighted by Gasteiger charge is 2.02. The van der Waals surface area contributed by atoms with Crippen LogP contribution >= 0.6 is 22.6 Å². The van der Waals surface area contributed by atoms with Crippen molar-refractivity contribution in [2.24, 2.45) is 0 Å². The summed E-state index contributed by atoms with van der Waals surface area (Å²) in [5, 5.41) is 3.35. The van der Waals surface area contributed by atoms with Crippen LogP contribution in [0.4, 0.5) is 5.69 Å². The molecule has 3 nitrogen and oxygen atoms in total. The van der Waals surface area contributed by atoms with Gasteiger partial charge in [-0.15, -0.1) is 0 Å². The van der Waals surface area contributed by atoms with Gasteiger partial charge in [0.15, 0.2) is 0 Å². The van der Waals surface area contributed by atoms with Gasteiger partial charge in [0.05, 0.1) is 7.11 Å². The summed E-state index contributed by atoms with van der Waals surface area (Å²) in [6, 6.07) is 12.2. The summed E-state index contributed by atoms with van der Waals surface area (Å²) in [7, 11) is 1.64. The van der Waals surface area contributed by atoms with Crippen LogP contribution in [-0.4, -0.2) is 12.1 Å². The van der Waals surface area contributed by atoms with Crippen molar-refractivity contribution < 1.29 is 4.74 Å². The number of halogens is 1. The van der Waals surface area contributed by atoms with Crippen molar-refractivity contribution in [2.75, 3.05) is 12.4 Å². The Hall–Kier alpha value is -1.30. The average Bonchev–Trinajstić information content (AvgIpc) is 2.37. The van der Waals surface area contributed by atoms with E-state index in [2.05, 4.69) is 45.0 Å². The zero-order chi connectivity index (χ0) is 12.1. The lowest BCUT2D eigenvalue weighted by molar-refractivity contribution is 0.393. The van der Waals surface area contributed by atoms with Crippen molar-refractivity contribution in [3.8, 4) is 5.88 Å². The van der Waals surface area contributed by atoms with Crippen LogP contribution in [-0.2, 0) is 6.54 Å². The molecule has 1 aromatic heterocycles. The van der Waals surface area contributed by atoms with E-state index in [1.807, 2.05) is 24.3 Å². The normalized spacial score (nSPS) is 10.0. The van der Waals surface area contributed by atoms with Gasteiger partial charge in [-0.25, -0.2) is 4.98 Å². The number of hydrogen-bond acceptors (Lipinski definition) is 3. The van der Waals surface area contributed by atoms with Crippen LogP contribution in [0, 0.1) is 3.57 Å². The number of methoxy groups -OCH3 is 1. The van der Waals surface area contributed by atoms with Crippen LogP contribution < -0.4 is 10.1 Å². The maximum Gasteiger partial charge on any atom is 0.218 e. The molecule has 0 unspecified atom stereocenters. The molecule has 4 heteroatoms. The Morgan fingerprint density at radius 1 is 1.29 bits per heavy atom. The van der Waals surface area contributed by atoms with E-state index in [1.54, 1.807) is 13.3 Å². The molecule has 0 aliphatic carbocycles. The molecule has 2 rings (SSSR count). The van der Waals surface area contributed by atoms with Crippen molar-refractivity contribution >= 4 is 28.3 Å². The number of nitrogens with one attached hydrogen (secondary N) is 1. The fourth-order valence-electron chi connectivity index (χ4n) is 1.54. The molecule has 0 aliphatic rings. The molecule has 0 saturated heterocycles. The molecule has 0 spiro atoms. The zero-order valence-corrected chi connectivity index (χ0v) is 11.6. The second-order valence-electron chi connectivity index (χ2n) is 3.54. The second-order valence-corrected chi connectivity index (χ2v) is 4.78. The minimum Gasteiger partial charge on any atom is -0.481 e. The van der Waals surface area contributed by atoms with E-state index in [0.717, 1.165) is 11.3 Å². The molecule has 1 heterocycles. The Morgan fingerprint density at radius 2 is 2.18 bits per heavy atom. The predicted octanol–water partition coefficient (Wildman–Crippen LogP) is 3.31. The highest BCUT2D eigenvalue weighted by molar-refractivity contribution is 14.1. The minimum atomic E-state index is 0.672. The van der Waals surface area contributed by atoms with Gasteiger partial charge >= 0.3 is 0 Å². The van der Waals surface area contributed by atoms with Gasteiger partial charge in [0.25, 0.3) is 0 Å². The Labute approximate surface area is 114 Å². The van der Waals surface area contributed by atoms with Crippen LogP contribution in [0.15, 0.2) is 42.6 Å². The van der Waals surface area contributed by atoms with E-state index in [1.165, 1.54) is 3.57 Å². The Bertz CT molecular complexity index is 502. The lowest BCUT2D eigenvalue weighted by atomic mass is 10.2. The molecular weight excluding hydrogens is 327 g/mol. The third-order valence-electron chi connectivity index (χ3n) is 2.35. The topological polar surface area (TPSA) is 34.1 Å². The van der Waals surface area contributed by atoms with Gasteiger partial charge in [-0.1, -0.05) is 12.1 Å². The monoisotopic (exact) mass is 340 g/mol. The first kappa shape index (κ1) is 12.2. The number of anilines is 1. The fraction of sp³-hybridized carbons (Fsp3) is 0.154. The molecule has 0 bridgehead atoms. The molecule has 2 aromatic rings. The van der Waals surface area contributed by atoms with Crippen LogP contribution in [0.5, 0.6) is 5.88 Å². The van der Waals surface area contributed by atoms with Gasteiger partial charge in [0, 0.05) is 27.6 Å². The van der Waals surface area contributed by atoms with Gasteiger partial charge < -0.3 is 10.1 Å². The average molecular weight is 340 g/mol. The van der Waals surface area contributed by atoms with E-state index in [9.17, 15) is 0 Å². The van der Waals surface area contributed by atoms with Gasteiger partial charge in [0.2, 0.25) is 5.88 Å². The quantitative estimate of drug-likeness (QED) is 0.868. The molecule has 88 valence electrons. The van der Waals surface area contributed by atoms with Crippen molar-refractivity contribution in [2.45, 2.75) is 6.54 Å². The first-order valence-electron chi connectivity index (χ1n) is 5.27. The second kappa shape index (κ2) is 5.86. The predicted molar refractivity (Wildman–Crippen MR) is 77.3 cm³/mol. The summed E-state index contributed by atoms with van der Waals surface area (Å²) in [5.74, 6) is 0.672. The maximum absolute atomic E-state index is 5.20. The highest BCUT2D eigenvalue weighted by Crippen LogP contribution is 2.17. The number of benzene rings is 1. The van der Waals surface area contributed by atoms with Crippen molar-refractivity contribution in [3.05, 3.63) is 51.7 Å². The molecule has 0 radical (unpaired) electrons. The summed E-state index contributed by atoms with van der Waals surface area (Å²) >= 11 is 2.30. The SMILES string of the molecule is COc1ncccc1CNc1cccc(I)c1. The van der Waals surface area contributed by atoms with Crippen molar-refractivity contribution in [3.63, 3.8) is 0 Å². The summed E-state index contributed by atoms with van der Waals surface area (Å²) in [4.78, 5) is 4.16. The molecule has 1 N–H and O–H groups in total. The van der Waals surface area contributed by atoms with Crippen molar-refractivity contribution in [1.82, 2.24) is 4.98 Å². The number of aromatic nitrogens is 1.